The topological polar surface area (TPSA) is 47.0 Å². The lowest BCUT2D eigenvalue weighted by molar-refractivity contribution is -0.191. The first-order valence-electron chi connectivity index (χ1n) is 7.57. The van der Waals surface area contributed by atoms with Gasteiger partial charge in [0.05, 0.1) is 10.6 Å². The molecule has 0 aliphatic heterocycles. The molecule has 0 bridgehead atoms. The molecule has 0 aliphatic rings. The van der Waals surface area contributed by atoms with Crippen molar-refractivity contribution >= 4 is 28.8 Å². The van der Waals surface area contributed by atoms with Crippen LogP contribution in [0, 0.1) is 5.82 Å². The van der Waals surface area contributed by atoms with E-state index >= 15 is 0 Å². The van der Waals surface area contributed by atoms with Crippen LogP contribution in [0.2, 0.25) is 0 Å². The van der Waals surface area contributed by atoms with E-state index in [1.54, 1.807) is 34.8 Å². The van der Waals surface area contributed by atoms with Gasteiger partial charge in [0.1, 0.15) is 10.8 Å². The second kappa shape index (κ2) is 8.45. The van der Waals surface area contributed by atoms with E-state index in [2.05, 4.69) is 29.6 Å². The molecule has 4 rings (SSSR count). The fraction of sp³-hybridized carbons (Fsp3) is 0. The Morgan fingerprint density at radius 1 is 0.808 bits per heavy atom. The lowest BCUT2D eigenvalue weighted by atomic mass is 10.2. The van der Waals surface area contributed by atoms with Crippen LogP contribution >= 0.6 is 22.7 Å². The summed E-state index contributed by atoms with van der Waals surface area (Å²) in [7, 11) is 0. The normalized spacial score (nSPS) is 9.88. The Bertz CT molecular complexity index is 1020. The Morgan fingerprint density at radius 2 is 1.46 bits per heavy atom. The van der Waals surface area contributed by atoms with Crippen LogP contribution in [0.15, 0.2) is 72.1 Å². The summed E-state index contributed by atoms with van der Waals surface area (Å²) < 4.78 is 13.0. The summed E-state index contributed by atoms with van der Waals surface area (Å²) in [4.78, 5) is 23.2. The molecule has 6 heteroatoms. The quantitative estimate of drug-likeness (QED) is 0.453. The Hall–Kier alpha value is -2.92. The van der Waals surface area contributed by atoms with Crippen LogP contribution in [0.5, 0.6) is 0 Å². The standard InChI is InChI=1S/C19H12FNS2.CO2/c20-15-8-6-13(7-9-15)17-10-11-18(23-17)16-12-22-19(21-16)14-4-2-1-3-5-14;2-1-3/h1-12H;. The molecule has 2 aromatic heterocycles. The van der Waals surface area contributed by atoms with Gasteiger partial charge in [-0.3, -0.25) is 0 Å². The first-order chi connectivity index (χ1) is 12.7. The third-order valence-electron chi connectivity index (χ3n) is 3.51. The molecule has 2 aromatic carbocycles. The highest BCUT2D eigenvalue weighted by Gasteiger charge is 2.10. The van der Waals surface area contributed by atoms with Gasteiger partial charge in [-0.2, -0.15) is 9.59 Å². The zero-order valence-electron chi connectivity index (χ0n) is 13.4. The maximum atomic E-state index is 13.0. The number of hydrogen-bond donors (Lipinski definition) is 0. The average Bonchev–Trinajstić information content (AvgIpc) is 3.33. The number of halogens is 1. The average molecular weight is 381 g/mol. The molecular formula is C20H12FNO2S2. The summed E-state index contributed by atoms with van der Waals surface area (Å²) in [6.45, 7) is 0. The molecular weight excluding hydrogens is 369 g/mol. The summed E-state index contributed by atoms with van der Waals surface area (Å²) in [5.41, 5.74) is 3.16. The van der Waals surface area contributed by atoms with E-state index in [1.165, 1.54) is 12.1 Å². The third-order valence-corrected chi connectivity index (χ3v) is 5.56. The van der Waals surface area contributed by atoms with E-state index in [1.807, 2.05) is 18.2 Å². The fourth-order valence-electron chi connectivity index (χ4n) is 2.35. The van der Waals surface area contributed by atoms with Crippen molar-refractivity contribution in [3.05, 3.63) is 77.9 Å². The highest BCUT2D eigenvalue weighted by atomic mass is 32.1. The van der Waals surface area contributed by atoms with Gasteiger partial charge in [-0.25, -0.2) is 9.37 Å². The van der Waals surface area contributed by atoms with Gasteiger partial charge in [-0.1, -0.05) is 42.5 Å². The molecule has 3 nitrogen and oxygen atoms in total. The van der Waals surface area contributed by atoms with E-state index in [-0.39, 0.29) is 12.0 Å². The van der Waals surface area contributed by atoms with Gasteiger partial charge in [0.2, 0.25) is 0 Å². The smallest absolute Gasteiger partial charge is 0.235 e. The van der Waals surface area contributed by atoms with Crippen LogP contribution in [0.1, 0.15) is 0 Å². The number of carbonyl (C=O) groups excluding carboxylic acids is 2. The maximum absolute atomic E-state index is 13.0. The molecule has 0 aliphatic carbocycles. The number of thiophene rings is 1. The van der Waals surface area contributed by atoms with E-state index in [4.69, 9.17) is 14.6 Å². The van der Waals surface area contributed by atoms with Gasteiger partial charge in [0.15, 0.2) is 0 Å². The SMILES string of the molecule is Fc1ccc(-c2ccc(-c3csc(-c4ccccc4)n3)s2)cc1.O=C=O. The van der Waals surface area contributed by atoms with Crippen molar-refractivity contribution in [2.45, 2.75) is 0 Å². The van der Waals surface area contributed by atoms with Crippen molar-refractivity contribution in [2.75, 3.05) is 0 Å². The monoisotopic (exact) mass is 381 g/mol. The minimum Gasteiger partial charge on any atom is -0.235 e. The van der Waals surface area contributed by atoms with E-state index in [9.17, 15) is 4.39 Å². The summed E-state index contributed by atoms with van der Waals surface area (Å²) in [5, 5.41) is 3.11. The van der Waals surface area contributed by atoms with Gasteiger partial charge >= 0.3 is 6.15 Å². The summed E-state index contributed by atoms with van der Waals surface area (Å²) in [6.07, 6.45) is 0.250. The largest absolute Gasteiger partial charge is 0.373 e. The van der Waals surface area contributed by atoms with Crippen LogP contribution in [0.4, 0.5) is 4.39 Å². The number of benzene rings is 2. The van der Waals surface area contributed by atoms with Crippen molar-refractivity contribution in [3.8, 4) is 31.6 Å². The molecule has 0 fully saturated rings. The molecule has 0 N–H and O–H groups in total. The highest BCUT2D eigenvalue weighted by Crippen LogP contribution is 2.36. The highest BCUT2D eigenvalue weighted by molar-refractivity contribution is 7.19. The number of nitrogens with zero attached hydrogens (tertiary/aromatic N) is 1. The molecule has 0 amide bonds. The van der Waals surface area contributed by atoms with Crippen LogP contribution < -0.4 is 0 Å². The predicted molar refractivity (Wildman–Crippen MR) is 101 cm³/mol. The molecule has 26 heavy (non-hydrogen) atoms. The molecule has 0 atom stereocenters. The Balaban J connectivity index is 0.000000613. The number of aromatic nitrogens is 1. The van der Waals surface area contributed by atoms with E-state index in [0.717, 1.165) is 31.6 Å². The molecule has 0 unspecified atom stereocenters. The Kier molecular flexibility index (Phi) is 5.81. The Labute approximate surface area is 157 Å². The molecule has 0 saturated carbocycles. The second-order valence-corrected chi connectivity index (χ2v) is 7.10. The second-order valence-electron chi connectivity index (χ2n) is 5.16. The van der Waals surface area contributed by atoms with Gasteiger partial charge < -0.3 is 0 Å². The number of rotatable bonds is 3. The summed E-state index contributed by atoms with van der Waals surface area (Å²) in [6, 6.07) is 20.9. The molecule has 4 aromatic rings. The maximum Gasteiger partial charge on any atom is 0.373 e. The van der Waals surface area contributed by atoms with Gasteiger partial charge in [0, 0.05) is 15.8 Å². The third kappa shape index (κ3) is 4.18. The fourth-order valence-corrected chi connectivity index (χ4v) is 4.22. The van der Waals surface area contributed by atoms with E-state index < -0.39 is 0 Å². The number of thiazole rings is 1. The van der Waals surface area contributed by atoms with Gasteiger partial charge in [0.25, 0.3) is 0 Å². The first-order valence-corrected chi connectivity index (χ1v) is 9.27. The molecule has 0 saturated heterocycles. The van der Waals surface area contributed by atoms with Crippen molar-refractivity contribution in [1.29, 1.82) is 0 Å². The van der Waals surface area contributed by atoms with Crippen molar-refractivity contribution in [1.82, 2.24) is 4.98 Å². The molecule has 2 heterocycles. The first kappa shape index (κ1) is 17.9. The van der Waals surface area contributed by atoms with E-state index in [0.29, 0.717) is 0 Å². The van der Waals surface area contributed by atoms with Crippen LogP contribution in [0.25, 0.3) is 31.6 Å². The van der Waals surface area contributed by atoms with Crippen molar-refractivity contribution in [3.63, 3.8) is 0 Å². The summed E-state index contributed by atoms with van der Waals surface area (Å²) >= 11 is 3.33. The lowest BCUT2D eigenvalue weighted by Gasteiger charge is -1.96. The van der Waals surface area contributed by atoms with Crippen molar-refractivity contribution in [2.24, 2.45) is 0 Å². The zero-order valence-corrected chi connectivity index (χ0v) is 15.0. The van der Waals surface area contributed by atoms with Crippen LogP contribution in [-0.2, 0) is 9.59 Å². The van der Waals surface area contributed by atoms with Crippen molar-refractivity contribution < 1.29 is 14.0 Å². The molecule has 0 spiro atoms. The number of hydrogen-bond acceptors (Lipinski definition) is 5. The summed E-state index contributed by atoms with van der Waals surface area (Å²) in [5.74, 6) is -0.211. The molecule has 0 radical (unpaired) electrons. The van der Waals surface area contributed by atoms with Crippen LogP contribution in [-0.4, -0.2) is 11.1 Å². The minimum absolute atomic E-state index is 0.211. The van der Waals surface area contributed by atoms with Gasteiger partial charge in [-0.15, -0.1) is 22.7 Å². The Morgan fingerprint density at radius 3 is 2.15 bits per heavy atom. The minimum atomic E-state index is -0.211. The zero-order chi connectivity index (χ0) is 18.4. The molecule has 128 valence electrons. The van der Waals surface area contributed by atoms with Gasteiger partial charge in [-0.05, 0) is 29.8 Å². The lowest BCUT2D eigenvalue weighted by Crippen LogP contribution is -1.76. The van der Waals surface area contributed by atoms with Crippen LogP contribution in [0.3, 0.4) is 0 Å². The predicted octanol–water partition coefficient (Wildman–Crippen LogP) is 5.76.